The standard InChI is InChI=1S/C30H35FN2O5/c1-5-21(2)32-30(35)28(15-22-9-7-6-8-10-22)33(19-23-11-13-24(31)14-12-23)29(34)20-38-27-17-25(36-3)16-26(18-27)37-4/h6-14,16-18,21,28H,5,15,19-20H2,1-4H3,(H,32,35)/t21-,28-/m0/s1. The Morgan fingerprint density at radius 1 is 0.895 bits per heavy atom. The molecule has 0 saturated carbocycles. The summed E-state index contributed by atoms with van der Waals surface area (Å²) in [6, 6.07) is 19.5. The van der Waals surface area contributed by atoms with Gasteiger partial charge in [-0.3, -0.25) is 9.59 Å². The number of rotatable bonds is 13. The largest absolute Gasteiger partial charge is 0.496 e. The van der Waals surface area contributed by atoms with Gasteiger partial charge in [0.2, 0.25) is 5.91 Å². The third-order valence-corrected chi connectivity index (χ3v) is 6.23. The fourth-order valence-electron chi connectivity index (χ4n) is 3.87. The van der Waals surface area contributed by atoms with E-state index in [1.807, 2.05) is 44.2 Å². The van der Waals surface area contributed by atoms with Crippen LogP contribution in [0.1, 0.15) is 31.4 Å². The van der Waals surface area contributed by atoms with Gasteiger partial charge >= 0.3 is 0 Å². The first-order valence-corrected chi connectivity index (χ1v) is 12.6. The average Bonchev–Trinajstić information content (AvgIpc) is 2.94. The summed E-state index contributed by atoms with van der Waals surface area (Å²) in [6.07, 6.45) is 1.06. The van der Waals surface area contributed by atoms with E-state index in [1.165, 1.54) is 31.3 Å². The lowest BCUT2D eigenvalue weighted by molar-refractivity contribution is -0.143. The molecule has 0 aliphatic carbocycles. The summed E-state index contributed by atoms with van der Waals surface area (Å²) in [6.45, 7) is 3.69. The Morgan fingerprint density at radius 3 is 2.08 bits per heavy atom. The molecule has 8 heteroatoms. The molecule has 0 bridgehead atoms. The lowest BCUT2D eigenvalue weighted by Crippen LogP contribution is -2.53. The molecular weight excluding hydrogens is 487 g/mol. The highest BCUT2D eigenvalue weighted by Gasteiger charge is 2.31. The number of carbonyl (C=O) groups is 2. The van der Waals surface area contributed by atoms with Crippen molar-refractivity contribution in [3.8, 4) is 17.2 Å². The summed E-state index contributed by atoms with van der Waals surface area (Å²) in [5.74, 6) is 0.394. The summed E-state index contributed by atoms with van der Waals surface area (Å²) in [7, 11) is 3.05. The van der Waals surface area contributed by atoms with Gasteiger partial charge in [0.1, 0.15) is 29.1 Å². The van der Waals surface area contributed by atoms with Gasteiger partial charge in [0.05, 0.1) is 14.2 Å². The minimum Gasteiger partial charge on any atom is -0.496 e. The topological polar surface area (TPSA) is 77.1 Å². The molecule has 2 amide bonds. The maximum Gasteiger partial charge on any atom is 0.261 e. The molecule has 0 aromatic heterocycles. The molecule has 0 aliphatic rings. The molecule has 0 unspecified atom stereocenters. The first-order valence-electron chi connectivity index (χ1n) is 12.6. The van der Waals surface area contributed by atoms with Crippen LogP contribution in [-0.2, 0) is 22.6 Å². The van der Waals surface area contributed by atoms with E-state index in [-0.39, 0.29) is 30.9 Å². The smallest absolute Gasteiger partial charge is 0.261 e. The highest BCUT2D eigenvalue weighted by Crippen LogP contribution is 2.27. The van der Waals surface area contributed by atoms with Crippen LogP contribution in [0.3, 0.4) is 0 Å². The van der Waals surface area contributed by atoms with Gasteiger partial charge in [-0.05, 0) is 36.6 Å². The second-order valence-corrected chi connectivity index (χ2v) is 9.01. The number of methoxy groups -OCH3 is 2. The van der Waals surface area contributed by atoms with Crippen molar-refractivity contribution < 1.29 is 28.2 Å². The summed E-state index contributed by atoms with van der Waals surface area (Å²) in [4.78, 5) is 28.7. The Labute approximate surface area is 223 Å². The second kappa shape index (κ2) is 14.0. The Kier molecular flexibility index (Phi) is 10.5. The molecule has 202 valence electrons. The Balaban J connectivity index is 1.92. The van der Waals surface area contributed by atoms with Crippen LogP contribution in [0.15, 0.2) is 72.8 Å². The van der Waals surface area contributed by atoms with Crippen molar-refractivity contribution in [2.75, 3.05) is 20.8 Å². The normalized spacial score (nSPS) is 12.2. The zero-order valence-corrected chi connectivity index (χ0v) is 22.3. The lowest BCUT2D eigenvalue weighted by atomic mass is 10.0. The van der Waals surface area contributed by atoms with E-state index in [1.54, 1.807) is 30.3 Å². The zero-order valence-electron chi connectivity index (χ0n) is 22.3. The Hall–Kier alpha value is -4.07. The Morgan fingerprint density at radius 2 is 1.50 bits per heavy atom. The molecule has 0 spiro atoms. The molecule has 38 heavy (non-hydrogen) atoms. The van der Waals surface area contributed by atoms with E-state index in [0.717, 1.165) is 12.0 Å². The number of halogens is 1. The lowest BCUT2D eigenvalue weighted by Gasteiger charge is -2.32. The minimum atomic E-state index is -0.813. The van der Waals surface area contributed by atoms with Gasteiger partial charge in [-0.2, -0.15) is 0 Å². The van der Waals surface area contributed by atoms with E-state index in [2.05, 4.69) is 5.32 Å². The molecule has 3 aromatic carbocycles. The first-order chi connectivity index (χ1) is 18.3. The zero-order chi connectivity index (χ0) is 27.5. The maximum absolute atomic E-state index is 13.7. The second-order valence-electron chi connectivity index (χ2n) is 9.01. The molecule has 0 aliphatic heterocycles. The SMILES string of the molecule is CC[C@H](C)NC(=O)[C@H](Cc1ccccc1)N(Cc1ccc(F)cc1)C(=O)COc1cc(OC)cc(OC)c1. The van der Waals surface area contributed by atoms with Crippen LogP contribution < -0.4 is 19.5 Å². The summed E-state index contributed by atoms with van der Waals surface area (Å²) >= 11 is 0. The molecule has 3 rings (SSSR count). The van der Waals surface area contributed by atoms with Gasteiger partial charge in [0.15, 0.2) is 6.61 Å². The van der Waals surface area contributed by atoms with Gasteiger partial charge in [0, 0.05) is 37.2 Å². The van der Waals surface area contributed by atoms with Gasteiger partial charge in [-0.1, -0.05) is 49.4 Å². The molecule has 0 heterocycles. The fourth-order valence-corrected chi connectivity index (χ4v) is 3.87. The third kappa shape index (κ3) is 8.23. The van der Waals surface area contributed by atoms with Gasteiger partial charge in [-0.15, -0.1) is 0 Å². The third-order valence-electron chi connectivity index (χ3n) is 6.23. The number of amides is 2. The summed E-state index contributed by atoms with van der Waals surface area (Å²) in [5.41, 5.74) is 1.60. The maximum atomic E-state index is 13.7. The number of nitrogens with one attached hydrogen (secondary N) is 1. The van der Waals surface area contributed by atoms with Crippen LogP contribution in [0.25, 0.3) is 0 Å². The van der Waals surface area contributed by atoms with Crippen molar-refractivity contribution in [3.05, 3.63) is 89.7 Å². The number of hydrogen-bond acceptors (Lipinski definition) is 5. The van der Waals surface area contributed by atoms with Crippen molar-refractivity contribution in [2.24, 2.45) is 0 Å². The molecule has 7 nitrogen and oxygen atoms in total. The van der Waals surface area contributed by atoms with E-state index in [4.69, 9.17) is 14.2 Å². The van der Waals surface area contributed by atoms with Crippen LogP contribution in [0, 0.1) is 5.82 Å². The van der Waals surface area contributed by atoms with Crippen LogP contribution in [0.4, 0.5) is 4.39 Å². The van der Waals surface area contributed by atoms with Gasteiger partial charge < -0.3 is 24.4 Å². The van der Waals surface area contributed by atoms with Crippen LogP contribution >= 0.6 is 0 Å². The number of nitrogens with zero attached hydrogens (tertiary/aromatic N) is 1. The molecule has 1 N–H and O–H groups in total. The molecule has 0 radical (unpaired) electrons. The monoisotopic (exact) mass is 522 g/mol. The van der Waals surface area contributed by atoms with Crippen molar-refractivity contribution in [2.45, 2.75) is 45.3 Å². The summed E-state index contributed by atoms with van der Waals surface area (Å²) in [5, 5.41) is 3.02. The van der Waals surface area contributed by atoms with Crippen molar-refractivity contribution in [1.29, 1.82) is 0 Å². The highest BCUT2D eigenvalue weighted by atomic mass is 19.1. The van der Waals surface area contributed by atoms with Crippen LogP contribution in [0.5, 0.6) is 17.2 Å². The average molecular weight is 523 g/mol. The number of carbonyl (C=O) groups excluding carboxylic acids is 2. The summed E-state index contributed by atoms with van der Waals surface area (Å²) < 4.78 is 30.0. The number of ether oxygens (including phenoxy) is 3. The fraction of sp³-hybridized carbons (Fsp3) is 0.333. The van der Waals surface area contributed by atoms with Crippen LogP contribution in [-0.4, -0.2) is 49.6 Å². The van der Waals surface area contributed by atoms with Gasteiger partial charge in [-0.25, -0.2) is 4.39 Å². The predicted octanol–water partition coefficient (Wildman–Crippen LogP) is 4.78. The molecule has 0 saturated heterocycles. The van der Waals surface area contributed by atoms with Crippen molar-refractivity contribution in [1.82, 2.24) is 10.2 Å². The molecular formula is C30H35FN2O5. The van der Waals surface area contributed by atoms with E-state index >= 15 is 0 Å². The minimum absolute atomic E-state index is 0.0657. The number of hydrogen-bond donors (Lipinski definition) is 1. The number of benzene rings is 3. The van der Waals surface area contributed by atoms with Crippen molar-refractivity contribution in [3.63, 3.8) is 0 Å². The first kappa shape index (κ1) is 28.5. The predicted molar refractivity (Wildman–Crippen MR) is 144 cm³/mol. The molecule has 2 atom stereocenters. The van der Waals surface area contributed by atoms with Crippen molar-refractivity contribution >= 4 is 11.8 Å². The van der Waals surface area contributed by atoms with E-state index in [9.17, 15) is 14.0 Å². The Bertz CT molecular complexity index is 1160. The quantitative estimate of drug-likeness (QED) is 0.350. The van der Waals surface area contributed by atoms with Crippen LogP contribution in [0.2, 0.25) is 0 Å². The van der Waals surface area contributed by atoms with E-state index < -0.39 is 11.9 Å². The highest BCUT2D eigenvalue weighted by molar-refractivity contribution is 5.88. The molecule has 0 fully saturated rings. The molecule has 3 aromatic rings. The van der Waals surface area contributed by atoms with E-state index in [0.29, 0.717) is 29.2 Å². The van der Waals surface area contributed by atoms with Gasteiger partial charge in [0.25, 0.3) is 5.91 Å².